The second kappa shape index (κ2) is 11.6. The summed E-state index contributed by atoms with van der Waals surface area (Å²) >= 11 is 0. The van der Waals surface area contributed by atoms with E-state index >= 15 is 0 Å². The Morgan fingerprint density at radius 1 is 1.17 bits per heavy atom. The lowest BCUT2D eigenvalue weighted by Gasteiger charge is -2.32. The lowest BCUT2D eigenvalue weighted by Crippen LogP contribution is -2.25. The average Bonchev–Trinajstić information content (AvgIpc) is 2.60. The number of hydrogen-bond acceptors (Lipinski definition) is 4. The third-order valence-corrected chi connectivity index (χ3v) is 5.03. The van der Waals surface area contributed by atoms with E-state index in [9.17, 15) is 9.59 Å². The molecule has 0 amide bonds. The molecule has 4 heteroatoms. The molecule has 0 spiro atoms. The summed E-state index contributed by atoms with van der Waals surface area (Å²) in [6.07, 6.45) is 14.3. The highest BCUT2D eigenvalue weighted by molar-refractivity contribution is 5.86. The maximum Gasteiger partial charge on any atom is 0.347 e. The highest BCUT2D eigenvalue weighted by atomic mass is 16.6. The maximum absolute atomic E-state index is 11.9. The van der Waals surface area contributed by atoms with Crippen LogP contribution in [0.5, 0.6) is 0 Å². The summed E-state index contributed by atoms with van der Waals surface area (Å²) in [7, 11) is 0. The number of allylic oxidation sites excluding steroid dienone is 9. The molecule has 0 radical (unpaired) electrons. The third kappa shape index (κ3) is 8.68. The van der Waals surface area contributed by atoms with Gasteiger partial charge < -0.3 is 9.47 Å². The molecular formula is C25H36O4. The monoisotopic (exact) mass is 400 g/mol. The van der Waals surface area contributed by atoms with Crippen LogP contribution in [0.25, 0.3) is 0 Å². The van der Waals surface area contributed by atoms with Crippen molar-refractivity contribution in [3.63, 3.8) is 0 Å². The second-order valence-electron chi connectivity index (χ2n) is 8.25. The minimum Gasteiger partial charge on any atom is -0.463 e. The van der Waals surface area contributed by atoms with E-state index in [0.717, 1.165) is 11.1 Å². The van der Waals surface area contributed by atoms with E-state index in [1.807, 2.05) is 25.2 Å². The van der Waals surface area contributed by atoms with Gasteiger partial charge in [-0.15, -0.1) is 0 Å². The Balaban J connectivity index is 2.68. The smallest absolute Gasteiger partial charge is 0.347 e. The van der Waals surface area contributed by atoms with Crippen molar-refractivity contribution in [2.45, 2.75) is 73.8 Å². The zero-order valence-electron chi connectivity index (χ0n) is 19.0. The predicted octanol–water partition coefficient (Wildman–Crippen LogP) is 6.01. The summed E-state index contributed by atoms with van der Waals surface area (Å²) in [5, 5.41) is 0. The van der Waals surface area contributed by atoms with E-state index in [1.165, 1.54) is 43.4 Å². The number of esters is 2. The van der Waals surface area contributed by atoms with E-state index in [1.54, 1.807) is 6.92 Å². The molecule has 0 aromatic carbocycles. The van der Waals surface area contributed by atoms with Crippen LogP contribution in [0.3, 0.4) is 0 Å². The Labute approximate surface area is 176 Å². The summed E-state index contributed by atoms with van der Waals surface area (Å²) < 4.78 is 9.86. The number of hydrogen-bond donors (Lipinski definition) is 0. The molecule has 0 aromatic rings. The fourth-order valence-corrected chi connectivity index (χ4v) is 3.38. The molecule has 0 saturated heterocycles. The standard InChI is InChI=1S/C25H36O4/c1-8-28-24(27)21(5)29-23(26)17-19(3)12-9-11-18(2)14-15-22-20(4)13-10-16-25(22,6)7/h9,11-12,14-15,17,21H,8,10,13,16H2,1-7H3. The maximum atomic E-state index is 11.9. The Hall–Kier alpha value is -2.36. The summed E-state index contributed by atoms with van der Waals surface area (Å²) in [4.78, 5) is 23.4. The number of ether oxygens (including phenoxy) is 2. The van der Waals surface area contributed by atoms with Crippen LogP contribution < -0.4 is 0 Å². The van der Waals surface area contributed by atoms with E-state index in [0.29, 0.717) is 0 Å². The van der Waals surface area contributed by atoms with Crippen molar-refractivity contribution < 1.29 is 19.1 Å². The van der Waals surface area contributed by atoms with Gasteiger partial charge in [-0.05, 0) is 70.4 Å². The molecule has 29 heavy (non-hydrogen) atoms. The minimum atomic E-state index is -0.912. The fraction of sp³-hybridized carbons (Fsp3) is 0.520. The quantitative estimate of drug-likeness (QED) is 0.284. The third-order valence-electron chi connectivity index (χ3n) is 5.03. The van der Waals surface area contributed by atoms with Crippen molar-refractivity contribution in [1.29, 1.82) is 0 Å². The normalized spacial score (nSPS) is 19.0. The largest absolute Gasteiger partial charge is 0.463 e. The molecule has 4 nitrogen and oxygen atoms in total. The second-order valence-corrected chi connectivity index (χ2v) is 8.25. The fourth-order valence-electron chi connectivity index (χ4n) is 3.38. The SMILES string of the molecule is CCOC(=O)C(C)OC(=O)C=C(C)C=CC=C(C)C=CC1=C(C)CCCC1(C)C. The highest BCUT2D eigenvalue weighted by Crippen LogP contribution is 2.40. The molecule has 1 aliphatic rings. The van der Waals surface area contributed by atoms with E-state index in [2.05, 4.69) is 39.8 Å². The van der Waals surface area contributed by atoms with Crippen LogP contribution in [0, 0.1) is 5.41 Å². The summed E-state index contributed by atoms with van der Waals surface area (Å²) in [6, 6.07) is 0. The number of carbonyl (C=O) groups excluding carboxylic acids is 2. The van der Waals surface area contributed by atoms with Gasteiger partial charge in [-0.3, -0.25) is 0 Å². The lowest BCUT2D eigenvalue weighted by molar-refractivity contribution is -0.163. The van der Waals surface area contributed by atoms with E-state index < -0.39 is 18.0 Å². The first kappa shape index (κ1) is 24.7. The molecule has 1 rings (SSSR count). The van der Waals surface area contributed by atoms with Gasteiger partial charge in [0.15, 0.2) is 6.10 Å². The zero-order chi connectivity index (χ0) is 22.0. The summed E-state index contributed by atoms with van der Waals surface area (Å²) in [5.74, 6) is -1.10. The molecule has 0 bridgehead atoms. The topological polar surface area (TPSA) is 52.6 Å². The number of carbonyl (C=O) groups is 2. The Bertz CT molecular complexity index is 745. The van der Waals surface area contributed by atoms with Gasteiger partial charge in [-0.1, -0.05) is 55.4 Å². The zero-order valence-corrected chi connectivity index (χ0v) is 19.0. The van der Waals surface area contributed by atoms with Crippen LogP contribution in [0.2, 0.25) is 0 Å². The van der Waals surface area contributed by atoms with E-state index in [4.69, 9.17) is 9.47 Å². The highest BCUT2D eigenvalue weighted by Gasteiger charge is 2.26. The van der Waals surface area contributed by atoms with Crippen molar-refractivity contribution in [2.75, 3.05) is 6.61 Å². The first-order valence-corrected chi connectivity index (χ1v) is 10.4. The molecule has 1 atom stereocenters. The van der Waals surface area contributed by atoms with Gasteiger partial charge in [0.25, 0.3) is 0 Å². The molecule has 0 aromatic heterocycles. The molecule has 0 saturated carbocycles. The Morgan fingerprint density at radius 2 is 1.86 bits per heavy atom. The van der Waals surface area contributed by atoms with Gasteiger partial charge in [0, 0.05) is 6.08 Å². The van der Waals surface area contributed by atoms with Crippen LogP contribution in [0.4, 0.5) is 0 Å². The predicted molar refractivity (Wildman–Crippen MR) is 118 cm³/mol. The molecule has 1 unspecified atom stereocenters. The van der Waals surface area contributed by atoms with Gasteiger partial charge in [-0.25, -0.2) is 9.59 Å². The number of rotatable bonds is 8. The molecule has 0 heterocycles. The Kier molecular flexibility index (Phi) is 9.87. The van der Waals surface area contributed by atoms with Crippen LogP contribution >= 0.6 is 0 Å². The van der Waals surface area contributed by atoms with Crippen molar-refractivity contribution in [1.82, 2.24) is 0 Å². The van der Waals surface area contributed by atoms with E-state index in [-0.39, 0.29) is 12.0 Å². The summed E-state index contributed by atoms with van der Waals surface area (Å²) in [6.45, 7) is 14.2. The van der Waals surface area contributed by atoms with Crippen LogP contribution in [0.1, 0.15) is 67.7 Å². The van der Waals surface area contributed by atoms with Crippen molar-refractivity contribution in [3.8, 4) is 0 Å². The molecule has 1 aliphatic carbocycles. The van der Waals surface area contributed by atoms with Crippen molar-refractivity contribution >= 4 is 11.9 Å². The van der Waals surface area contributed by atoms with Crippen LogP contribution in [-0.2, 0) is 19.1 Å². The molecule has 0 N–H and O–H groups in total. The molecular weight excluding hydrogens is 364 g/mol. The van der Waals surface area contributed by atoms with Crippen molar-refractivity contribution in [3.05, 3.63) is 58.7 Å². The van der Waals surface area contributed by atoms with Gasteiger partial charge in [0.05, 0.1) is 6.61 Å². The van der Waals surface area contributed by atoms with Crippen molar-refractivity contribution in [2.24, 2.45) is 5.41 Å². The first-order valence-electron chi connectivity index (χ1n) is 10.4. The molecule has 0 aliphatic heterocycles. The first-order chi connectivity index (χ1) is 13.6. The van der Waals surface area contributed by atoms with Crippen LogP contribution in [-0.4, -0.2) is 24.6 Å². The summed E-state index contributed by atoms with van der Waals surface area (Å²) in [5.41, 5.74) is 5.03. The average molecular weight is 401 g/mol. The van der Waals surface area contributed by atoms with Gasteiger partial charge >= 0.3 is 11.9 Å². The van der Waals surface area contributed by atoms with Gasteiger partial charge in [-0.2, -0.15) is 0 Å². The molecule has 160 valence electrons. The van der Waals surface area contributed by atoms with Crippen LogP contribution in [0.15, 0.2) is 58.7 Å². The lowest BCUT2D eigenvalue weighted by atomic mass is 9.72. The van der Waals surface area contributed by atoms with Gasteiger partial charge in [0.2, 0.25) is 0 Å². The molecule has 0 fully saturated rings. The minimum absolute atomic E-state index is 0.231. The Morgan fingerprint density at radius 3 is 2.48 bits per heavy atom. The van der Waals surface area contributed by atoms with Gasteiger partial charge in [0.1, 0.15) is 0 Å².